The number of hydrogen-bond acceptors (Lipinski definition) is 4. The molecule has 0 N–H and O–H groups in total. The first-order valence-corrected chi connectivity index (χ1v) is 17.6. The molecule has 50 heavy (non-hydrogen) atoms. The number of hydrogen-bond donors (Lipinski definition) is 0. The van der Waals surface area contributed by atoms with Crippen molar-refractivity contribution in [2.75, 3.05) is 0 Å². The first-order valence-electron chi connectivity index (χ1n) is 17.6. The molecule has 0 amide bonds. The van der Waals surface area contributed by atoms with Gasteiger partial charge in [0.25, 0.3) is 0 Å². The average Bonchev–Trinajstić information content (AvgIpc) is 3.97. The number of rotatable bonds is 4. The Morgan fingerprint density at radius 1 is 0.300 bits per heavy atom. The zero-order chi connectivity index (χ0) is 33.1. The van der Waals surface area contributed by atoms with Crippen molar-refractivity contribution in [3.63, 3.8) is 0 Å². The Bertz CT molecular complexity index is 2020. The van der Waals surface area contributed by atoms with E-state index in [2.05, 4.69) is 72.8 Å². The van der Waals surface area contributed by atoms with Gasteiger partial charge in [0.15, 0.2) is 0 Å². The molecular weight excluding hydrogens is 617 g/mol. The van der Waals surface area contributed by atoms with E-state index in [1.165, 1.54) is 0 Å². The van der Waals surface area contributed by atoms with Gasteiger partial charge >= 0.3 is 0 Å². The summed E-state index contributed by atoms with van der Waals surface area (Å²) in [6.07, 6.45) is -1.95. The molecule has 6 aromatic rings. The van der Waals surface area contributed by atoms with E-state index in [1.807, 2.05) is 72.8 Å². The molecule has 4 heterocycles. The van der Waals surface area contributed by atoms with Crippen molar-refractivity contribution in [1.29, 1.82) is 0 Å². The zero-order valence-electron chi connectivity index (χ0n) is 27.1. The summed E-state index contributed by atoms with van der Waals surface area (Å²) in [6.45, 7) is 0. The summed E-state index contributed by atoms with van der Waals surface area (Å²) < 4.78 is 13.8. The number of fused-ring (bicyclic) bond motifs is 16. The fraction of sp³-hybridized carbons (Fsp3) is 0.174. The van der Waals surface area contributed by atoms with Crippen molar-refractivity contribution in [2.24, 2.45) is 23.7 Å². The second-order valence-electron chi connectivity index (χ2n) is 14.3. The summed E-state index contributed by atoms with van der Waals surface area (Å²) in [4.78, 5) is 30.3. The highest BCUT2D eigenvalue weighted by Gasteiger charge is 2.70. The molecule has 6 aromatic carbocycles. The van der Waals surface area contributed by atoms with Crippen LogP contribution in [0.15, 0.2) is 146 Å². The maximum Gasteiger partial charge on any atom is 0.146 e. The number of ketones is 2. The van der Waals surface area contributed by atoms with Crippen LogP contribution in [0.1, 0.15) is 46.7 Å². The molecule has 2 saturated heterocycles. The molecule has 4 aliphatic heterocycles. The van der Waals surface area contributed by atoms with E-state index < -0.39 is 48.1 Å². The Labute approximate surface area is 290 Å². The van der Waals surface area contributed by atoms with Gasteiger partial charge in [-0.2, -0.15) is 0 Å². The summed E-state index contributed by atoms with van der Waals surface area (Å²) in [5.41, 5.74) is 12.9. The van der Waals surface area contributed by atoms with E-state index in [-0.39, 0.29) is 11.6 Å². The normalized spacial score (nSPS) is 27.9. The summed E-state index contributed by atoms with van der Waals surface area (Å²) in [6, 6.07) is 50.0. The lowest BCUT2D eigenvalue weighted by Gasteiger charge is -2.42. The summed E-state index contributed by atoms with van der Waals surface area (Å²) in [5, 5.41) is 0. The maximum atomic E-state index is 15.1. The fourth-order valence-corrected chi connectivity index (χ4v) is 10.1. The molecule has 0 unspecified atom stereocenters. The molecule has 11 rings (SSSR count). The monoisotopic (exact) mass is 648 g/mol. The van der Waals surface area contributed by atoms with Crippen molar-refractivity contribution in [1.82, 2.24) is 0 Å². The second-order valence-corrected chi connectivity index (χ2v) is 14.3. The Kier molecular flexibility index (Phi) is 5.99. The minimum Gasteiger partial charge on any atom is -0.364 e. The van der Waals surface area contributed by atoms with Crippen LogP contribution < -0.4 is 0 Å². The first kappa shape index (κ1) is 28.4. The van der Waals surface area contributed by atoms with E-state index in [0.29, 0.717) is 0 Å². The third-order valence-corrected chi connectivity index (χ3v) is 12.0. The van der Waals surface area contributed by atoms with E-state index in [4.69, 9.17) is 9.47 Å². The molecular formula is C46H32O4. The number of carbonyl (C=O) groups excluding carboxylic acids is 2. The molecule has 4 heteroatoms. The molecule has 240 valence electrons. The van der Waals surface area contributed by atoms with Crippen LogP contribution in [0.3, 0.4) is 0 Å². The molecule has 8 atom stereocenters. The Morgan fingerprint density at radius 3 is 0.740 bits per heavy atom. The van der Waals surface area contributed by atoms with Crippen LogP contribution in [0, 0.1) is 23.7 Å². The van der Waals surface area contributed by atoms with E-state index in [0.717, 1.165) is 66.8 Å². The van der Waals surface area contributed by atoms with Crippen LogP contribution in [0.4, 0.5) is 0 Å². The van der Waals surface area contributed by atoms with Gasteiger partial charge in [-0.15, -0.1) is 0 Å². The highest BCUT2D eigenvalue weighted by atomic mass is 16.5. The fourth-order valence-electron chi connectivity index (χ4n) is 10.1. The highest BCUT2D eigenvalue weighted by Crippen LogP contribution is 2.70. The topological polar surface area (TPSA) is 52.6 Å². The lowest BCUT2D eigenvalue weighted by Crippen LogP contribution is -2.50. The van der Waals surface area contributed by atoms with Crippen molar-refractivity contribution < 1.29 is 19.1 Å². The van der Waals surface area contributed by atoms with Gasteiger partial charge in [-0.05, 0) is 66.8 Å². The van der Waals surface area contributed by atoms with Crippen molar-refractivity contribution in [3.05, 3.63) is 168 Å². The van der Waals surface area contributed by atoms with Crippen LogP contribution >= 0.6 is 0 Å². The molecule has 3 fully saturated rings. The van der Waals surface area contributed by atoms with E-state index >= 15 is 9.59 Å². The number of Topliss-reactive ketones (excluding diaryl/α,β-unsaturated/α-hetero) is 2. The molecule has 1 aliphatic carbocycles. The average molecular weight is 649 g/mol. The molecule has 4 nitrogen and oxygen atoms in total. The first-order chi connectivity index (χ1) is 24.7. The van der Waals surface area contributed by atoms with Gasteiger partial charge < -0.3 is 9.47 Å². The van der Waals surface area contributed by atoms with Gasteiger partial charge in [-0.1, -0.05) is 146 Å². The van der Waals surface area contributed by atoms with Crippen LogP contribution in [-0.4, -0.2) is 11.6 Å². The largest absolute Gasteiger partial charge is 0.364 e. The predicted molar refractivity (Wildman–Crippen MR) is 192 cm³/mol. The van der Waals surface area contributed by atoms with Gasteiger partial charge in [0.1, 0.15) is 11.6 Å². The minimum atomic E-state index is -0.543. The van der Waals surface area contributed by atoms with Crippen LogP contribution in [0.5, 0.6) is 0 Å². The van der Waals surface area contributed by atoms with Crippen molar-refractivity contribution in [3.8, 4) is 44.5 Å². The van der Waals surface area contributed by atoms with Crippen LogP contribution in [0.2, 0.25) is 0 Å². The number of carbonyl (C=O) groups is 2. The van der Waals surface area contributed by atoms with Gasteiger partial charge in [-0.25, -0.2) is 0 Å². The molecule has 1 saturated carbocycles. The zero-order valence-corrected chi connectivity index (χ0v) is 27.1. The van der Waals surface area contributed by atoms with E-state index in [1.54, 1.807) is 0 Å². The van der Waals surface area contributed by atoms with Crippen LogP contribution in [0.25, 0.3) is 44.5 Å². The second kappa shape index (κ2) is 10.5. The molecule has 0 spiro atoms. The quantitative estimate of drug-likeness (QED) is 0.191. The Hall–Kier alpha value is -5.42. The smallest absolute Gasteiger partial charge is 0.146 e. The standard InChI is InChI=1S/C46H32O4/c47-41-37-38(44-34-30(26-15-7-2-8-16-26)22-21-29(33(34)43(37)49-44)25-13-5-1-6-14-25)42(48)40-39(41)45-35-31(27-17-9-3-10-18-27)23-24-32(36(35)46(40)50-45)28-19-11-4-12-20-28/h1-24,37-40,43-46H/t37-,38+,39-,40+,43-,44+,45+,46-. The summed E-state index contributed by atoms with van der Waals surface area (Å²) in [5.74, 6) is -1.94. The molecule has 4 bridgehead atoms. The van der Waals surface area contributed by atoms with Gasteiger partial charge in [0.2, 0.25) is 0 Å². The van der Waals surface area contributed by atoms with Gasteiger partial charge in [0, 0.05) is 0 Å². The minimum absolute atomic E-state index is 0.115. The number of ether oxygens (including phenoxy) is 2. The SMILES string of the molecule is O=C1[C@@H]2[C@H](C(=O)[C@H]3[C@@H]1[C@H]1O[C@@H]3c3c(-c4ccccc4)ccc(-c4ccccc4)c31)[C@H]1O[C@@H]2c2c(-c3ccccc3)ccc(-c3ccccc3)c21. The van der Waals surface area contributed by atoms with Crippen molar-refractivity contribution in [2.45, 2.75) is 24.4 Å². The molecule has 5 aliphatic rings. The van der Waals surface area contributed by atoms with Crippen molar-refractivity contribution >= 4 is 11.6 Å². The number of benzene rings is 6. The molecule has 0 aromatic heterocycles. The third kappa shape index (κ3) is 3.73. The van der Waals surface area contributed by atoms with E-state index in [9.17, 15) is 0 Å². The summed E-state index contributed by atoms with van der Waals surface area (Å²) >= 11 is 0. The predicted octanol–water partition coefficient (Wildman–Crippen LogP) is 9.92. The summed E-state index contributed by atoms with van der Waals surface area (Å²) in [7, 11) is 0. The maximum absolute atomic E-state index is 15.1. The highest BCUT2D eigenvalue weighted by molar-refractivity contribution is 6.04. The Balaban J connectivity index is 1.09. The lowest BCUT2D eigenvalue weighted by molar-refractivity contribution is -0.147. The van der Waals surface area contributed by atoms with Gasteiger partial charge in [0.05, 0.1) is 48.1 Å². The third-order valence-electron chi connectivity index (χ3n) is 12.0. The van der Waals surface area contributed by atoms with Crippen LogP contribution in [-0.2, 0) is 19.1 Å². The lowest BCUT2D eigenvalue weighted by atomic mass is 9.56. The molecule has 0 radical (unpaired) electrons. The Morgan fingerprint density at radius 2 is 0.520 bits per heavy atom. The van der Waals surface area contributed by atoms with Gasteiger partial charge in [-0.3, -0.25) is 9.59 Å².